The maximum absolute atomic E-state index is 13.2. The fourth-order valence-corrected chi connectivity index (χ4v) is 5.33. The molecule has 4 atom stereocenters. The quantitative estimate of drug-likeness (QED) is 0.631. The number of esters is 1. The van der Waals surface area contributed by atoms with E-state index in [1.54, 1.807) is 6.08 Å². The van der Waals surface area contributed by atoms with E-state index < -0.39 is 22.6 Å². The number of rotatable bonds is 2. The van der Waals surface area contributed by atoms with Crippen LogP contribution in [-0.4, -0.2) is 59.0 Å². The summed E-state index contributed by atoms with van der Waals surface area (Å²) in [4.78, 5) is 18.9. The van der Waals surface area contributed by atoms with Crippen LogP contribution in [0.3, 0.4) is 0 Å². The molecule has 6 nitrogen and oxygen atoms in total. The van der Waals surface area contributed by atoms with Crippen LogP contribution in [0.2, 0.25) is 0 Å². The molecule has 26 heavy (non-hydrogen) atoms. The molecule has 4 aliphatic rings. The maximum atomic E-state index is 13.2. The molecule has 2 fully saturated rings. The van der Waals surface area contributed by atoms with Crippen molar-refractivity contribution in [2.45, 2.75) is 29.6 Å². The van der Waals surface area contributed by atoms with Gasteiger partial charge in [-0.15, -0.1) is 6.58 Å². The molecule has 0 saturated carbocycles. The number of aromatic nitrogens is 1. The predicted molar refractivity (Wildman–Crippen MR) is 95.7 cm³/mol. The summed E-state index contributed by atoms with van der Waals surface area (Å²) in [7, 11) is 1.37. The largest absolute Gasteiger partial charge is 0.468 e. The van der Waals surface area contributed by atoms with E-state index in [9.17, 15) is 9.90 Å². The molecular weight excluding hydrogens is 332 g/mol. The number of aliphatic hydroxyl groups is 1. The minimum Gasteiger partial charge on any atom is -0.468 e. The zero-order valence-corrected chi connectivity index (χ0v) is 14.7. The molecule has 1 unspecified atom stereocenters. The summed E-state index contributed by atoms with van der Waals surface area (Å²) in [5.41, 5.74) is -1.01. The summed E-state index contributed by atoms with van der Waals surface area (Å²) in [6.07, 6.45) is 2.08. The van der Waals surface area contributed by atoms with Crippen molar-refractivity contribution >= 4 is 16.9 Å². The van der Waals surface area contributed by atoms with Gasteiger partial charge in [0.15, 0.2) is 5.41 Å². The van der Waals surface area contributed by atoms with Crippen LogP contribution in [0.1, 0.15) is 17.7 Å². The van der Waals surface area contributed by atoms with E-state index in [1.807, 2.05) is 24.3 Å². The molecule has 2 aromatic rings. The number of methoxy groups -OCH3 is 1. The summed E-state index contributed by atoms with van der Waals surface area (Å²) in [5, 5.41) is 13.0. The van der Waals surface area contributed by atoms with Gasteiger partial charge in [0, 0.05) is 36.2 Å². The van der Waals surface area contributed by atoms with Crippen LogP contribution in [0, 0.1) is 0 Å². The summed E-state index contributed by atoms with van der Waals surface area (Å²) in [6, 6.07) is 7.98. The molecule has 0 amide bonds. The first kappa shape index (κ1) is 16.1. The highest BCUT2D eigenvalue weighted by molar-refractivity contribution is 5.92. The monoisotopic (exact) mass is 354 g/mol. The zero-order chi connectivity index (χ0) is 18.2. The molecular formula is C20H22N2O4. The highest BCUT2D eigenvalue weighted by Crippen LogP contribution is 2.57. The van der Waals surface area contributed by atoms with E-state index >= 15 is 0 Å². The molecule has 0 radical (unpaired) electrons. The fraction of sp³-hybridized carbons (Fsp3) is 0.450. The van der Waals surface area contributed by atoms with E-state index in [-0.39, 0.29) is 6.61 Å². The Bertz CT molecular complexity index is 937. The smallest absolute Gasteiger partial charge is 0.323 e. The highest BCUT2D eigenvalue weighted by atomic mass is 16.6. The van der Waals surface area contributed by atoms with Crippen molar-refractivity contribution in [3.8, 4) is 0 Å². The van der Waals surface area contributed by atoms with Gasteiger partial charge in [0.25, 0.3) is 0 Å². The van der Waals surface area contributed by atoms with Crippen LogP contribution in [0.25, 0.3) is 10.9 Å². The van der Waals surface area contributed by atoms with Gasteiger partial charge in [-0.3, -0.25) is 9.69 Å². The minimum atomic E-state index is -1.42. The van der Waals surface area contributed by atoms with E-state index in [2.05, 4.69) is 16.5 Å². The third kappa shape index (κ3) is 1.57. The predicted octanol–water partition coefficient (Wildman–Crippen LogP) is 1.48. The summed E-state index contributed by atoms with van der Waals surface area (Å²) in [5.74, 6) is -0.466. The number of carbonyl (C=O) groups excluding carboxylic acids is 1. The molecule has 4 aliphatic heterocycles. The molecule has 0 aliphatic carbocycles. The Labute approximate surface area is 151 Å². The van der Waals surface area contributed by atoms with Crippen LogP contribution in [0.15, 0.2) is 36.9 Å². The Morgan fingerprint density at radius 2 is 2.27 bits per heavy atom. The molecule has 1 aromatic heterocycles. The van der Waals surface area contributed by atoms with Crippen molar-refractivity contribution in [3.05, 3.63) is 48.2 Å². The number of piperidine rings is 1. The first-order valence-corrected chi connectivity index (χ1v) is 8.92. The molecule has 2 saturated heterocycles. The molecule has 1 aromatic carbocycles. The number of hydrogen-bond donors (Lipinski definition) is 2. The molecule has 5 heterocycles. The summed E-state index contributed by atoms with van der Waals surface area (Å²) < 4.78 is 11.4. The van der Waals surface area contributed by atoms with Crippen molar-refractivity contribution in [1.82, 2.24) is 9.88 Å². The van der Waals surface area contributed by atoms with Gasteiger partial charge >= 0.3 is 5.97 Å². The second kappa shape index (κ2) is 4.97. The normalized spacial score (nSPS) is 37.8. The van der Waals surface area contributed by atoms with Gasteiger partial charge in [-0.05, 0) is 18.1 Å². The lowest BCUT2D eigenvalue weighted by atomic mass is 9.59. The Balaban J connectivity index is 1.90. The first-order chi connectivity index (χ1) is 12.5. The van der Waals surface area contributed by atoms with Crippen LogP contribution in [-0.2, 0) is 26.2 Å². The lowest BCUT2D eigenvalue weighted by Gasteiger charge is -2.53. The van der Waals surface area contributed by atoms with E-state index in [0.717, 1.165) is 16.5 Å². The number of benzene rings is 1. The van der Waals surface area contributed by atoms with Crippen molar-refractivity contribution in [2.24, 2.45) is 0 Å². The molecule has 0 spiro atoms. The van der Waals surface area contributed by atoms with Gasteiger partial charge in [0.1, 0.15) is 11.2 Å². The third-order valence-corrected chi connectivity index (χ3v) is 6.69. The number of nitrogens with zero attached hydrogens (tertiary/aromatic N) is 1. The van der Waals surface area contributed by atoms with Crippen LogP contribution < -0.4 is 0 Å². The number of aromatic amines is 1. The van der Waals surface area contributed by atoms with Gasteiger partial charge in [0.2, 0.25) is 0 Å². The average Bonchev–Trinajstić information content (AvgIpc) is 3.15. The van der Waals surface area contributed by atoms with E-state index in [0.29, 0.717) is 31.7 Å². The number of para-hydroxylation sites is 1. The number of nitrogens with one attached hydrogen (secondary N) is 1. The van der Waals surface area contributed by atoms with Crippen molar-refractivity contribution in [1.29, 1.82) is 0 Å². The van der Waals surface area contributed by atoms with E-state index in [4.69, 9.17) is 9.47 Å². The third-order valence-electron chi connectivity index (χ3n) is 6.69. The Kier molecular flexibility index (Phi) is 3.07. The van der Waals surface area contributed by atoms with Crippen molar-refractivity contribution < 1.29 is 19.4 Å². The molecule has 2 N–H and O–H groups in total. The number of carbonyl (C=O) groups is 1. The topological polar surface area (TPSA) is 74.8 Å². The van der Waals surface area contributed by atoms with Crippen LogP contribution >= 0.6 is 0 Å². The Morgan fingerprint density at radius 3 is 3.04 bits per heavy atom. The lowest BCUT2D eigenvalue weighted by Crippen LogP contribution is -2.71. The zero-order valence-electron chi connectivity index (χ0n) is 14.7. The SMILES string of the molecule is C=C[C@@]12CN3CC[C@]1(O)[C@@](C(=O)OC)(CO2)c1[nH]c2ccccc2c1C3. The maximum Gasteiger partial charge on any atom is 0.323 e. The second-order valence-corrected chi connectivity index (χ2v) is 7.62. The Hall–Kier alpha value is -2.15. The summed E-state index contributed by atoms with van der Waals surface area (Å²) in [6.45, 7) is 5.88. The molecule has 6 rings (SSSR count). The van der Waals surface area contributed by atoms with E-state index in [1.165, 1.54) is 7.11 Å². The molecule has 6 heteroatoms. The minimum absolute atomic E-state index is 0.0653. The van der Waals surface area contributed by atoms with Gasteiger partial charge in [-0.1, -0.05) is 24.3 Å². The second-order valence-electron chi connectivity index (χ2n) is 7.62. The molecule has 136 valence electrons. The standard InChI is InChI=1S/C20H22N2O4/c1-3-18-11-22-9-8-20(18,24)19(12-26-18,17(23)25-2)16-14(10-22)13-6-4-5-7-15(13)21-16/h3-7,21,24H,1,8-12H2,2H3/t18-,19+,20-/m1/s1. The Morgan fingerprint density at radius 1 is 1.46 bits per heavy atom. The number of H-pyrrole nitrogens is 1. The van der Waals surface area contributed by atoms with Crippen LogP contribution in [0.5, 0.6) is 0 Å². The van der Waals surface area contributed by atoms with Gasteiger partial charge in [-0.2, -0.15) is 0 Å². The lowest BCUT2D eigenvalue weighted by molar-refractivity contribution is -0.175. The van der Waals surface area contributed by atoms with Crippen molar-refractivity contribution in [2.75, 3.05) is 26.8 Å². The number of fused-ring (bicyclic) bond motifs is 2. The first-order valence-electron chi connectivity index (χ1n) is 8.92. The van der Waals surface area contributed by atoms with Gasteiger partial charge < -0.3 is 19.6 Å². The number of ether oxygens (including phenoxy) is 2. The fourth-order valence-electron chi connectivity index (χ4n) is 5.33. The highest BCUT2D eigenvalue weighted by Gasteiger charge is 2.75. The van der Waals surface area contributed by atoms with Gasteiger partial charge in [0.05, 0.1) is 13.7 Å². The number of hydrogen-bond acceptors (Lipinski definition) is 5. The molecule has 4 bridgehead atoms. The average molecular weight is 354 g/mol. The van der Waals surface area contributed by atoms with Crippen LogP contribution in [0.4, 0.5) is 0 Å². The van der Waals surface area contributed by atoms with Gasteiger partial charge in [-0.25, -0.2) is 0 Å². The van der Waals surface area contributed by atoms with Crippen molar-refractivity contribution in [3.63, 3.8) is 0 Å². The summed E-state index contributed by atoms with van der Waals surface area (Å²) >= 11 is 0.